The maximum atomic E-state index is 5.14. The van der Waals surface area contributed by atoms with Crippen LogP contribution in [0.3, 0.4) is 0 Å². The zero-order valence-electron chi connectivity index (χ0n) is 8.20. The van der Waals surface area contributed by atoms with Crippen LogP contribution in [0.25, 0.3) is 0 Å². The number of nitrogens with one attached hydrogen (secondary N) is 1. The summed E-state index contributed by atoms with van der Waals surface area (Å²) in [6.45, 7) is 6.30. The van der Waals surface area contributed by atoms with Gasteiger partial charge < -0.3 is 4.57 Å². The Bertz CT molecular complexity index is 315. The molecule has 0 amide bonds. The van der Waals surface area contributed by atoms with Gasteiger partial charge in [-0.1, -0.05) is 6.92 Å². The van der Waals surface area contributed by atoms with Gasteiger partial charge in [-0.2, -0.15) is 16.9 Å². The van der Waals surface area contributed by atoms with Crippen molar-refractivity contribution in [1.82, 2.24) is 14.8 Å². The lowest BCUT2D eigenvalue weighted by Gasteiger charge is -2.12. The van der Waals surface area contributed by atoms with E-state index in [0.717, 1.165) is 22.1 Å². The summed E-state index contributed by atoms with van der Waals surface area (Å²) in [5, 5.41) is 6.88. The van der Waals surface area contributed by atoms with Crippen LogP contribution in [0.5, 0.6) is 0 Å². The topological polar surface area (TPSA) is 33.6 Å². The third kappa shape index (κ3) is 2.57. The van der Waals surface area contributed by atoms with Gasteiger partial charge in [0.25, 0.3) is 0 Å². The summed E-state index contributed by atoms with van der Waals surface area (Å²) >= 11 is 7.06. The highest BCUT2D eigenvalue weighted by atomic mass is 32.2. The first-order valence-corrected chi connectivity index (χ1v) is 5.94. The normalized spacial score (nSPS) is 13.2. The van der Waals surface area contributed by atoms with Crippen LogP contribution in [0.15, 0.2) is 0 Å². The Labute approximate surface area is 87.9 Å². The SMILES string of the molecule is CCSCC(C)n1c(C)n[nH]c1=S. The lowest BCUT2D eigenvalue weighted by molar-refractivity contribution is 0.583. The molecule has 0 aliphatic carbocycles. The molecule has 0 saturated carbocycles. The van der Waals surface area contributed by atoms with Crippen LogP contribution < -0.4 is 0 Å². The van der Waals surface area contributed by atoms with Gasteiger partial charge in [0.2, 0.25) is 0 Å². The fraction of sp³-hybridized carbons (Fsp3) is 0.750. The number of H-pyrrole nitrogens is 1. The molecule has 0 aliphatic rings. The number of nitrogens with zero attached hydrogens (tertiary/aromatic N) is 2. The second-order valence-electron chi connectivity index (χ2n) is 2.95. The van der Waals surface area contributed by atoms with Crippen LogP contribution in [0, 0.1) is 11.7 Å². The summed E-state index contributed by atoms with van der Waals surface area (Å²) in [5.41, 5.74) is 0. The average molecular weight is 217 g/mol. The van der Waals surface area contributed by atoms with E-state index in [4.69, 9.17) is 12.2 Å². The highest BCUT2D eigenvalue weighted by Gasteiger charge is 2.08. The van der Waals surface area contributed by atoms with E-state index in [0.29, 0.717) is 6.04 Å². The summed E-state index contributed by atoms with van der Waals surface area (Å²) in [6.07, 6.45) is 0. The molecule has 0 aromatic carbocycles. The highest BCUT2D eigenvalue weighted by Crippen LogP contribution is 2.14. The van der Waals surface area contributed by atoms with Crippen molar-refractivity contribution in [3.63, 3.8) is 0 Å². The largest absolute Gasteiger partial charge is 0.301 e. The van der Waals surface area contributed by atoms with Crippen molar-refractivity contribution in [2.45, 2.75) is 26.8 Å². The van der Waals surface area contributed by atoms with Gasteiger partial charge >= 0.3 is 0 Å². The third-order valence-corrected chi connectivity index (χ3v) is 3.30. The fourth-order valence-corrected chi connectivity index (χ4v) is 2.35. The monoisotopic (exact) mass is 217 g/mol. The fourth-order valence-electron chi connectivity index (χ4n) is 1.27. The third-order valence-electron chi connectivity index (χ3n) is 1.88. The molecule has 74 valence electrons. The van der Waals surface area contributed by atoms with Crippen molar-refractivity contribution in [1.29, 1.82) is 0 Å². The molecule has 13 heavy (non-hydrogen) atoms. The Hall–Kier alpha value is -0.290. The van der Waals surface area contributed by atoms with Gasteiger partial charge in [-0.3, -0.25) is 5.10 Å². The first-order chi connectivity index (χ1) is 6.16. The summed E-state index contributed by atoms with van der Waals surface area (Å²) in [4.78, 5) is 0. The minimum absolute atomic E-state index is 0.427. The molecule has 1 unspecified atom stereocenters. The first kappa shape index (κ1) is 10.8. The Morgan fingerprint density at radius 1 is 1.69 bits per heavy atom. The van der Waals surface area contributed by atoms with Crippen molar-refractivity contribution in [3.8, 4) is 0 Å². The molecule has 0 fully saturated rings. The van der Waals surface area contributed by atoms with Gasteiger partial charge in [-0.05, 0) is 31.8 Å². The Kier molecular flexibility index (Phi) is 3.99. The minimum Gasteiger partial charge on any atom is -0.301 e. The molecule has 1 atom stereocenters. The zero-order valence-corrected chi connectivity index (χ0v) is 9.84. The molecule has 1 aromatic heterocycles. The van der Waals surface area contributed by atoms with Crippen LogP contribution in [-0.2, 0) is 0 Å². The van der Waals surface area contributed by atoms with Crippen LogP contribution in [0.1, 0.15) is 25.7 Å². The smallest absolute Gasteiger partial charge is 0.195 e. The van der Waals surface area contributed by atoms with Gasteiger partial charge in [0.05, 0.1) is 0 Å². The van der Waals surface area contributed by atoms with Gasteiger partial charge in [-0.25, -0.2) is 0 Å². The molecular formula is C8H15N3S2. The summed E-state index contributed by atoms with van der Waals surface area (Å²) in [6, 6.07) is 0.427. The maximum Gasteiger partial charge on any atom is 0.195 e. The Morgan fingerprint density at radius 3 is 2.85 bits per heavy atom. The van der Waals surface area contributed by atoms with Crippen molar-refractivity contribution >= 4 is 24.0 Å². The van der Waals surface area contributed by atoms with Crippen LogP contribution >= 0.6 is 24.0 Å². The van der Waals surface area contributed by atoms with E-state index >= 15 is 0 Å². The second-order valence-corrected chi connectivity index (χ2v) is 4.66. The van der Waals surface area contributed by atoms with Crippen molar-refractivity contribution in [3.05, 3.63) is 10.6 Å². The van der Waals surface area contributed by atoms with E-state index in [-0.39, 0.29) is 0 Å². The molecule has 1 rings (SSSR count). The average Bonchev–Trinajstić information content (AvgIpc) is 2.42. The molecule has 1 aromatic rings. The highest BCUT2D eigenvalue weighted by molar-refractivity contribution is 7.99. The van der Waals surface area contributed by atoms with Crippen molar-refractivity contribution in [2.24, 2.45) is 0 Å². The molecule has 1 N–H and O–H groups in total. The number of rotatable bonds is 4. The van der Waals surface area contributed by atoms with Crippen LogP contribution in [0.4, 0.5) is 0 Å². The van der Waals surface area contributed by atoms with E-state index in [1.54, 1.807) is 0 Å². The molecule has 0 aliphatic heterocycles. The van der Waals surface area contributed by atoms with Crippen LogP contribution in [-0.4, -0.2) is 26.3 Å². The van der Waals surface area contributed by atoms with E-state index in [2.05, 4.69) is 28.6 Å². The minimum atomic E-state index is 0.427. The summed E-state index contributed by atoms with van der Waals surface area (Å²) < 4.78 is 2.79. The number of aromatic nitrogens is 3. The van der Waals surface area contributed by atoms with E-state index in [1.807, 2.05) is 18.7 Å². The van der Waals surface area contributed by atoms with Crippen LogP contribution in [0.2, 0.25) is 0 Å². The molecule has 3 nitrogen and oxygen atoms in total. The van der Waals surface area contributed by atoms with Crippen molar-refractivity contribution in [2.75, 3.05) is 11.5 Å². The Balaban J connectivity index is 2.75. The van der Waals surface area contributed by atoms with E-state index in [9.17, 15) is 0 Å². The lowest BCUT2D eigenvalue weighted by atomic mass is 10.4. The quantitative estimate of drug-likeness (QED) is 0.787. The summed E-state index contributed by atoms with van der Waals surface area (Å²) in [5.74, 6) is 3.20. The molecule has 1 heterocycles. The number of thioether (sulfide) groups is 1. The molecule has 5 heteroatoms. The zero-order chi connectivity index (χ0) is 9.84. The van der Waals surface area contributed by atoms with Gasteiger partial charge in [0.15, 0.2) is 4.77 Å². The van der Waals surface area contributed by atoms with E-state index < -0.39 is 0 Å². The number of hydrogen-bond acceptors (Lipinski definition) is 3. The standard InChI is InChI=1S/C8H15N3S2/c1-4-13-5-6(2)11-7(3)9-10-8(11)12/h6H,4-5H2,1-3H3,(H,10,12). The van der Waals surface area contributed by atoms with Gasteiger partial charge in [-0.15, -0.1) is 0 Å². The first-order valence-electron chi connectivity index (χ1n) is 4.38. The molecule has 0 saturated heterocycles. The lowest BCUT2D eigenvalue weighted by Crippen LogP contribution is -2.09. The number of aryl methyl sites for hydroxylation is 1. The number of aromatic amines is 1. The molecule has 0 radical (unpaired) electrons. The Morgan fingerprint density at radius 2 is 2.38 bits per heavy atom. The molecule has 0 spiro atoms. The summed E-state index contributed by atoms with van der Waals surface area (Å²) in [7, 11) is 0. The van der Waals surface area contributed by atoms with Gasteiger partial charge in [0, 0.05) is 11.8 Å². The predicted molar refractivity (Wildman–Crippen MR) is 59.9 cm³/mol. The molecule has 0 bridgehead atoms. The second kappa shape index (κ2) is 4.81. The van der Waals surface area contributed by atoms with Crippen molar-refractivity contribution < 1.29 is 0 Å². The molecular weight excluding hydrogens is 202 g/mol. The maximum absolute atomic E-state index is 5.14. The number of hydrogen-bond donors (Lipinski definition) is 1. The van der Waals surface area contributed by atoms with E-state index in [1.165, 1.54) is 0 Å². The predicted octanol–water partition coefficient (Wildman–Crippen LogP) is 2.56. The van der Waals surface area contributed by atoms with Gasteiger partial charge in [0.1, 0.15) is 5.82 Å².